The van der Waals surface area contributed by atoms with E-state index in [2.05, 4.69) is 82.1 Å². The number of anilines is 9. The van der Waals surface area contributed by atoms with Gasteiger partial charge in [0.05, 0.1) is 51.2 Å². The molecule has 0 bridgehead atoms. The normalized spacial score (nSPS) is 14.8. The lowest BCUT2D eigenvalue weighted by atomic mass is 9.98. The van der Waals surface area contributed by atoms with Gasteiger partial charge in [-0.2, -0.15) is 0 Å². The Bertz CT molecular complexity index is 932. The van der Waals surface area contributed by atoms with E-state index in [9.17, 15) is 0 Å². The molecule has 0 fully saturated rings. The molecule has 110 valence electrons. The maximum absolute atomic E-state index is 3.59. The van der Waals surface area contributed by atoms with Gasteiger partial charge in [-0.25, -0.2) is 0 Å². The highest BCUT2D eigenvalue weighted by atomic mass is 15.3. The standard InChI is InChI=1S/C19H14N4/c1-22-15-9-3-7-13-18(15)23-17-11(20-13)5-2-6-12(17)21-14-8-4-10-16(22)19(14)23/h2-10,20-21H,1H3. The predicted molar refractivity (Wildman–Crippen MR) is 95.8 cm³/mol. The van der Waals surface area contributed by atoms with E-state index in [1.807, 2.05) is 0 Å². The lowest BCUT2D eigenvalue weighted by Gasteiger charge is -2.46. The maximum atomic E-state index is 3.59. The van der Waals surface area contributed by atoms with Gasteiger partial charge in [-0.15, -0.1) is 0 Å². The molecule has 0 unspecified atom stereocenters. The number of nitrogens with one attached hydrogen (secondary N) is 2. The van der Waals surface area contributed by atoms with Crippen molar-refractivity contribution in [1.82, 2.24) is 0 Å². The topological polar surface area (TPSA) is 30.5 Å². The highest BCUT2D eigenvalue weighted by molar-refractivity contribution is 6.15. The zero-order valence-electron chi connectivity index (χ0n) is 12.6. The van der Waals surface area contributed by atoms with Crippen LogP contribution in [0.5, 0.6) is 0 Å². The second-order valence-electron chi connectivity index (χ2n) is 6.19. The molecule has 0 saturated heterocycles. The van der Waals surface area contributed by atoms with Gasteiger partial charge >= 0.3 is 0 Å². The molecule has 3 aliphatic rings. The van der Waals surface area contributed by atoms with Crippen LogP contribution in [-0.4, -0.2) is 7.05 Å². The summed E-state index contributed by atoms with van der Waals surface area (Å²) in [4.78, 5) is 4.68. The van der Waals surface area contributed by atoms with Crippen molar-refractivity contribution in [3.8, 4) is 0 Å². The number of hydrogen-bond donors (Lipinski definition) is 2. The van der Waals surface area contributed by atoms with E-state index < -0.39 is 0 Å². The van der Waals surface area contributed by atoms with Crippen LogP contribution in [0.25, 0.3) is 0 Å². The molecule has 0 saturated carbocycles. The fourth-order valence-electron chi connectivity index (χ4n) is 4.02. The van der Waals surface area contributed by atoms with Crippen molar-refractivity contribution < 1.29 is 0 Å². The van der Waals surface area contributed by atoms with Crippen LogP contribution in [0.3, 0.4) is 0 Å². The van der Waals surface area contributed by atoms with Crippen molar-refractivity contribution in [2.45, 2.75) is 0 Å². The first-order valence-electron chi connectivity index (χ1n) is 7.80. The SMILES string of the molecule is CN1c2cccc3c2N2c4c(cccc4Nc4cccc1c42)N3. The number of para-hydroxylation sites is 3. The zero-order chi connectivity index (χ0) is 15.1. The van der Waals surface area contributed by atoms with Crippen molar-refractivity contribution in [2.24, 2.45) is 0 Å². The van der Waals surface area contributed by atoms with Gasteiger partial charge in [0, 0.05) is 7.05 Å². The molecule has 4 nitrogen and oxygen atoms in total. The summed E-state index contributed by atoms with van der Waals surface area (Å²) in [5.74, 6) is 0. The summed E-state index contributed by atoms with van der Waals surface area (Å²) in [6, 6.07) is 19.3. The van der Waals surface area contributed by atoms with Gasteiger partial charge in [0.15, 0.2) is 0 Å². The van der Waals surface area contributed by atoms with Crippen LogP contribution < -0.4 is 20.4 Å². The van der Waals surface area contributed by atoms with Crippen LogP contribution in [0.1, 0.15) is 0 Å². The summed E-state index contributed by atoms with van der Waals surface area (Å²) < 4.78 is 0. The van der Waals surface area contributed by atoms with Crippen molar-refractivity contribution >= 4 is 51.2 Å². The fourth-order valence-corrected chi connectivity index (χ4v) is 4.02. The Morgan fingerprint density at radius 1 is 0.609 bits per heavy atom. The van der Waals surface area contributed by atoms with E-state index in [-0.39, 0.29) is 0 Å². The molecule has 23 heavy (non-hydrogen) atoms. The van der Waals surface area contributed by atoms with Crippen LogP contribution in [0.15, 0.2) is 54.6 Å². The maximum Gasteiger partial charge on any atom is 0.0939 e. The molecule has 0 spiro atoms. The van der Waals surface area contributed by atoms with Crippen LogP contribution >= 0.6 is 0 Å². The van der Waals surface area contributed by atoms with Crippen LogP contribution in [0, 0.1) is 0 Å². The molecule has 0 amide bonds. The minimum absolute atomic E-state index is 1.14. The Morgan fingerprint density at radius 2 is 1.04 bits per heavy atom. The molecule has 0 radical (unpaired) electrons. The first-order chi connectivity index (χ1) is 11.3. The molecule has 6 rings (SSSR count). The summed E-state index contributed by atoms with van der Waals surface area (Å²) in [5, 5.41) is 7.19. The predicted octanol–water partition coefficient (Wildman–Crippen LogP) is 5.35. The van der Waals surface area contributed by atoms with E-state index >= 15 is 0 Å². The average molecular weight is 298 g/mol. The molecule has 3 aliphatic heterocycles. The number of benzene rings is 3. The van der Waals surface area contributed by atoms with Gasteiger partial charge in [0.25, 0.3) is 0 Å². The molecule has 2 N–H and O–H groups in total. The minimum Gasteiger partial charge on any atom is -0.352 e. The zero-order valence-corrected chi connectivity index (χ0v) is 12.6. The van der Waals surface area contributed by atoms with Gasteiger partial charge in [0.2, 0.25) is 0 Å². The number of hydrogen-bond acceptors (Lipinski definition) is 4. The van der Waals surface area contributed by atoms with Gasteiger partial charge < -0.3 is 15.5 Å². The average Bonchev–Trinajstić information content (AvgIpc) is 2.59. The highest BCUT2D eigenvalue weighted by Crippen LogP contribution is 2.63. The second-order valence-corrected chi connectivity index (χ2v) is 6.19. The van der Waals surface area contributed by atoms with Crippen molar-refractivity contribution in [3.63, 3.8) is 0 Å². The Hall–Kier alpha value is -3.14. The molecule has 3 heterocycles. The first-order valence-corrected chi connectivity index (χ1v) is 7.80. The summed E-state index contributed by atoms with van der Waals surface area (Å²) in [6.07, 6.45) is 0. The van der Waals surface area contributed by atoms with Gasteiger partial charge in [-0.05, 0) is 36.4 Å². The number of nitrogens with zero attached hydrogens (tertiary/aromatic N) is 2. The Morgan fingerprint density at radius 3 is 1.57 bits per heavy atom. The highest BCUT2D eigenvalue weighted by Gasteiger charge is 2.38. The van der Waals surface area contributed by atoms with Gasteiger partial charge in [0.1, 0.15) is 0 Å². The van der Waals surface area contributed by atoms with E-state index in [0.29, 0.717) is 0 Å². The molecule has 3 aromatic rings. The molecular formula is C19H14N4. The smallest absolute Gasteiger partial charge is 0.0939 e. The van der Waals surface area contributed by atoms with E-state index in [1.165, 1.54) is 28.4 Å². The van der Waals surface area contributed by atoms with Crippen LogP contribution in [-0.2, 0) is 0 Å². The Kier molecular flexibility index (Phi) is 1.79. The minimum atomic E-state index is 1.14. The lowest BCUT2D eigenvalue weighted by molar-refractivity contribution is 1.11. The quantitative estimate of drug-likeness (QED) is 0.403. The summed E-state index contributed by atoms with van der Waals surface area (Å²) in [7, 11) is 2.14. The van der Waals surface area contributed by atoms with E-state index in [0.717, 1.165) is 22.7 Å². The van der Waals surface area contributed by atoms with Crippen molar-refractivity contribution in [3.05, 3.63) is 54.6 Å². The monoisotopic (exact) mass is 298 g/mol. The lowest BCUT2D eigenvalue weighted by Crippen LogP contribution is -2.30. The number of rotatable bonds is 0. The summed E-state index contributed by atoms with van der Waals surface area (Å²) >= 11 is 0. The summed E-state index contributed by atoms with van der Waals surface area (Å²) in [6.45, 7) is 0. The molecule has 0 aromatic heterocycles. The molecule has 3 aromatic carbocycles. The molecule has 0 aliphatic carbocycles. The van der Waals surface area contributed by atoms with E-state index in [1.54, 1.807) is 0 Å². The molecular weight excluding hydrogens is 284 g/mol. The Labute approximate surface area is 134 Å². The third kappa shape index (κ3) is 1.20. The molecule has 0 atom stereocenters. The van der Waals surface area contributed by atoms with Crippen molar-refractivity contribution in [1.29, 1.82) is 0 Å². The summed E-state index contributed by atoms with van der Waals surface area (Å²) in [5.41, 5.74) is 10.7. The first kappa shape index (κ1) is 11.4. The largest absolute Gasteiger partial charge is 0.352 e. The third-order valence-electron chi connectivity index (χ3n) is 5.00. The van der Waals surface area contributed by atoms with E-state index in [4.69, 9.17) is 0 Å². The Balaban J connectivity index is 1.81. The van der Waals surface area contributed by atoms with Gasteiger partial charge in [-0.1, -0.05) is 18.2 Å². The fraction of sp³-hybridized carbons (Fsp3) is 0.0526. The van der Waals surface area contributed by atoms with Crippen LogP contribution in [0.4, 0.5) is 51.2 Å². The second kappa shape index (κ2) is 3.60. The van der Waals surface area contributed by atoms with Crippen LogP contribution in [0.2, 0.25) is 0 Å². The molecule has 4 heteroatoms. The van der Waals surface area contributed by atoms with Gasteiger partial charge in [-0.3, -0.25) is 4.90 Å². The third-order valence-corrected chi connectivity index (χ3v) is 5.00. The van der Waals surface area contributed by atoms with Crippen molar-refractivity contribution in [2.75, 3.05) is 27.5 Å².